The summed E-state index contributed by atoms with van der Waals surface area (Å²) in [7, 11) is 1.30. The van der Waals surface area contributed by atoms with Crippen molar-refractivity contribution in [1.29, 1.82) is 0 Å². The molecule has 0 heterocycles. The average molecular weight is 323 g/mol. The lowest BCUT2D eigenvalue weighted by molar-refractivity contribution is 0.0597. The van der Waals surface area contributed by atoms with Crippen molar-refractivity contribution in [3.63, 3.8) is 0 Å². The van der Waals surface area contributed by atoms with Gasteiger partial charge in [-0.2, -0.15) is 0 Å². The van der Waals surface area contributed by atoms with E-state index in [0.29, 0.717) is 27.5 Å². The summed E-state index contributed by atoms with van der Waals surface area (Å²) in [6, 6.07) is 7.97. The Bertz CT molecular complexity index is 713. The molecule has 3 nitrogen and oxygen atoms in total. The fourth-order valence-corrected chi connectivity index (χ4v) is 2.35. The summed E-state index contributed by atoms with van der Waals surface area (Å²) >= 11 is 6.13. The normalized spacial score (nSPS) is 10.4. The van der Waals surface area contributed by atoms with Gasteiger partial charge in [0.05, 0.1) is 12.7 Å². The van der Waals surface area contributed by atoms with E-state index < -0.39 is 5.97 Å². The fourth-order valence-electron chi connectivity index (χ4n) is 2.12. The molecular formula is C17H16ClFO3. The molecule has 0 unspecified atom stereocenters. The van der Waals surface area contributed by atoms with Crippen LogP contribution in [0.3, 0.4) is 0 Å². The first-order chi connectivity index (χ1) is 10.4. The molecule has 2 rings (SSSR count). The van der Waals surface area contributed by atoms with Crippen LogP contribution in [0.15, 0.2) is 30.3 Å². The fraction of sp³-hybridized carbons (Fsp3) is 0.235. The van der Waals surface area contributed by atoms with Crippen LogP contribution in [0.1, 0.15) is 27.0 Å². The van der Waals surface area contributed by atoms with Gasteiger partial charge in [0.1, 0.15) is 18.2 Å². The summed E-state index contributed by atoms with van der Waals surface area (Å²) in [5.41, 5.74) is 2.21. The molecule has 116 valence electrons. The highest BCUT2D eigenvalue weighted by Gasteiger charge is 2.16. The van der Waals surface area contributed by atoms with Crippen molar-refractivity contribution in [2.45, 2.75) is 20.5 Å². The Hall–Kier alpha value is -2.07. The van der Waals surface area contributed by atoms with E-state index >= 15 is 0 Å². The van der Waals surface area contributed by atoms with Crippen molar-refractivity contribution in [3.8, 4) is 5.75 Å². The topological polar surface area (TPSA) is 35.5 Å². The third-order valence-corrected chi connectivity index (χ3v) is 3.71. The molecule has 0 bridgehead atoms. The molecule has 22 heavy (non-hydrogen) atoms. The smallest absolute Gasteiger partial charge is 0.338 e. The van der Waals surface area contributed by atoms with Crippen LogP contribution >= 0.6 is 11.6 Å². The third kappa shape index (κ3) is 3.39. The van der Waals surface area contributed by atoms with E-state index in [-0.39, 0.29) is 12.4 Å². The minimum Gasteiger partial charge on any atom is -0.488 e. The van der Waals surface area contributed by atoms with Gasteiger partial charge in [-0.25, -0.2) is 9.18 Å². The predicted octanol–water partition coefficient (Wildman–Crippen LogP) is 4.46. The van der Waals surface area contributed by atoms with Crippen molar-refractivity contribution in [3.05, 3.63) is 63.4 Å². The minimum absolute atomic E-state index is 0.0491. The number of benzene rings is 2. The summed E-state index contributed by atoms with van der Waals surface area (Å²) in [5, 5.41) is 0.396. The van der Waals surface area contributed by atoms with Gasteiger partial charge in [0.2, 0.25) is 0 Å². The van der Waals surface area contributed by atoms with E-state index in [1.54, 1.807) is 31.2 Å². The van der Waals surface area contributed by atoms with Gasteiger partial charge in [0, 0.05) is 16.7 Å². The molecule has 5 heteroatoms. The second kappa shape index (κ2) is 6.79. The van der Waals surface area contributed by atoms with Crippen molar-refractivity contribution in [2.75, 3.05) is 7.11 Å². The van der Waals surface area contributed by atoms with Gasteiger partial charge in [0.25, 0.3) is 0 Å². The maximum atomic E-state index is 13.6. The largest absolute Gasteiger partial charge is 0.488 e. The van der Waals surface area contributed by atoms with E-state index in [1.165, 1.54) is 13.2 Å². The van der Waals surface area contributed by atoms with E-state index in [4.69, 9.17) is 21.1 Å². The SMILES string of the molecule is COC(=O)c1cccc(Cl)c1COc1cc(F)c(C)cc1C. The lowest BCUT2D eigenvalue weighted by atomic mass is 10.1. The lowest BCUT2D eigenvalue weighted by Crippen LogP contribution is -2.09. The molecule has 0 radical (unpaired) electrons. The highest BCUT2D eigenvalue weighted by Crippen LogP contribution is 2.26. The number of halogens is 2. The number of hydrogen-bond donors (Lipinski definition) is 0. The van der Waals surface area contributed by atoms with Crippen LogP contribution in [-0.4, -0.2) is 13.1 Å². The molecular weight excluding hydrogens is 307 g/mol. The van der Waals surface area contributed by atoms with Crippen molar-refractivity contribution in [1.82, 2.24) is 0 Å². The Kier molecular flexibility index (Phi) is 5.03. The van der Waals surface area contributed by atoms with Gasteiger partial charge in [0.15, 0.2) is 0 Å². The van der Waals surface area contributed by atoms with Gasteiger partial charge < -0.3 is 9.47 Å². The van der Waals surface area contributed by atoms with Gasteiger partial charge >= 0.3 is 5.97 Å². The van der Waals surface area contributed by atoms with E-state index in [0.717, 1.165) is 5.56 Å². The number of rotatable bonds is 4. The van der Waals surface area contributed by atoms with E-state index in [1.807, 2.05) is 6.92 Å². The molecule has 0 aliphatic rings. The quantitative estimate of drug-likeness (QED) is 0.779. The minimum atomic E-state index is -0.493. The molecule has 0 fully saturated rings. The Morgan fingerprint density at radius 2 is 1.95 bits per heavy atom. The third-order valence-electron chi connectivity index (χ3n) is 3.35. The summed E-state index contributed by atoms with van der Waals surface area (Å²) in [5.74, 6) is -0.417. The Morgan fingerprint density at radius 1 is 1.23 bits per heavy atom. The molecule has 0 aliphatic heterocycles. The predicted molar refractivity (Wildman–Crippen MR) is 83.0 cm³/mol. The number of ether oxygens (including phenoxy) is 2. The van der Waals surface area contributed by atoms with Gasteiger partial charge in [-0.3, -0.25) is 0 Å². The van der Waals surface area contributed by atoms with Crippen LogP contribution in [0.4, 0.5) is 4.39 Å². The first-order valence-corrected chi connectivity index (χ1v) is 7.07. The Balaban J connectivity index is 2.29. The first kappa shape index (κ1) is 16.3. The lowest BCUT2D eigenvalue weighted by Gasteiger charge is -2.13. The second-order valence-electron chi connectivity index (χ2n) is 4.91. The number of aryl methyl sites for hydroxylation is 2. The molecule has 0 N–H and O–H groups in total. The number of carbonyl (C=O) groups is 1. The van der Waals surface area contributed by atoms with Crippen LogP contribution in [0.25, 0.3) is 0 Å². The average Bonchev–Trinajstić information content (AvgIpc) is 2.49. The van der Waals surface area contributed by atoms with Gasteiger partial charge in [-0.1, -0.05) is 17.7 Å². The summed E-state index contributed by atoms with van der Waals surface area (Å²) in [6.45, 7) is 3.57. The van der Waals surface area contributed by atoms with Crippen LogP contribution in [-0.2, 0) is 11.3 Å². The van der Waals surface area contributed by atoms with Crippen LogP contribution < -0.4 is 4.74 Å². The van der Waals surface area contributed by atoms with E-state index in [2.05, 4.69) is 0 Å². The Labute approximate surface area is 133 Å². The highest BCUT2D eigenvalue weighted by atomic mass is 35.5. The molecule has 0 spiro atoms. The zero-order chi connectivity index (χ0) is 16.3. The van der Waals surface area contributed by atoms with Crippen molar-refractivity contribution in [2.24, 2.45) is 0 Å². The first-order valence-electron chi connectivity index (χ1n) is 6.69. The van der Waals surface area contributed by atoms with Crippen molar-refractivity contribution < 1.29 is 18.7 Å². The molecule has 0 amide bonds. The van der Waals surface area contributed by atoms with Crippen LogP contribution in [0, 0.1) is 19.7 Å². The van der Waals surface area contributed by atoms with Crippen LogP contribution in [0.2, 0.25) is 5.02 Å². The number of esters is 1. The summed E-state index contributed by atoms with van der Waals surface area (Å²) < 4.78 is 24.0. The summed E-state index contributed by atoms with van der Waals surface area (Å²) in [6.07, 6.45) is 0. The van der Waals surface area contributed by atoms with E-state index in [9.17, 15) is 9.18 Å². The molecule has 2 aromatic rings. The molecule has 0 saturated carbocycles. The number of methoxy groups -OCH3 is 1. The number of carbonyl (C=O) groups excluding carboxylic acids is 1. The molecule has 2 aromatic carbocycles. The summed E-state index contributed by atoms with van der Waals surface area (Å²) in [4.78, 5) is 11.8. The van der Waals surface area contributed by atoms with Gasteiger partial charge in [-0.05, 0) is 43.2 Å². The zero-order valence-electron chi connectivity index (χ0n) is 12.6. The molecule has 0 saturated heterocycles. The van der Waals surface area contributed by atoms with Gasteiger partial charge in [-0.15, -0.1) is 0 Å². The number of hydrogen-bond acceptors (Lipinski definition) is 3. The molecule has 0 atom stereocenters. The second-order valence-corrected chi connectivity index (χ2v) is 5.32. The van der Waals surface area contributed by atoms with Crippen molar-refractivity contribution >= 4 is 17.6 Å². The highest BCUT2D eigenvalue weighted by molar-refractivity contribution is 6.31. The maximum Gasteiger partial charge on any atom is 0.338 e. The Morgan fingerprint density at radius 3 is 2.64 bits per heavy atom. The molecule has 0 aromatic heterocycles. The van der Waals surface area contributed by atoms with Crippen LogP contribution in [0.5, 0.6) is 5.75 Å². The standard InChI is InChI=1S/C17H16ClFO3/c1-10-7-11(2)16(8-15(10)19)22-9-13-12(17(20)21-3)5-4-6-14(13)18/h4-8H,9H2,1-3H3. The zero-order valence-corrected chi connectivity index (χ0v) is 13.3. The maximum absolute atomic E-state index is 13.6. The molecule has 0 aliphatic carbocycles. The monoisotopic (exact) mass is 322 g/mol.